The molecule has 3 aromatic rings. The van der Waals surface area contributed by atoms with Crippen LogP contribution in [0.3, 0.4) is 0 Å². The van der Waals surface area contributed by atoms with Crippen LogP contribution >= 0.6 is 31.9 Å². The molecule has 0 spiro atoms. The lowest BCUT2D eigenvalue weighted by molar-refractivity contribution is -0.139. The van der Waals surface area contributed by atoms with Gasteiger partial charge in [0.1, 0.15) is 11.7 Å². The largest absolute Gasteiger partial charge is 0.426 e. The van der Waals surface area contributed by atoms with E-state index in [0.717, 1.165) is 8.95 Å². The van der Waals surface area contributed by atoms with Crippen molar-refractivity contribution in [1.29, 1.82) is 0 Å². The number of hydrogen-bond acceptors (Lipinski definition) is 4. The van der Waals surface area contributed by atoms with Gasteiger partial charge in [-0.15, -0.1) is 0 Å². The summed E-state index contributed by atoms with van der Waals surface area (Å²) < 4.78 is 7.17. The second-order valence-electron chi connectivity index (χ2n) is 7.50. The third kappa shape index (κ3) is 4.27. The molecule has 1 aliphatic heterocycles. The molecule has 1 heterocycles. The van der Waals surface area contributed by atoms with Gasteiger partial charge < -0.3 is 4.74 Å². The quantitative estimate of drug-likeness (QED) is 0.166. The Labute approximate surface area is 196 Å². The summed E-state index contributed by atoms with van der Waals surface area (Å²) in [5, 5.41) is 0. The number of carbonyl (C=O) groups excluding carboxylic acids is 3. The molecule has 0 amide bonds. The van der Waals surface area contributed by atoms with E-state index in [2.05, 4.69) is 31.9 Å². The first-order valence-electron chi connectivity index (χ1n) is 9.77. The van der Waals surface area contributed by atoms with Gasteiger partial charge in [0.25, 0.3) is 0 Å². The molecule has 4 nitrogen and oxygen atoms in total. The van der Waals surface area contributed by atoms with Crippen LogP contribution in [0.1, 0.15) is 39.1 Å². The summed E-state index contributed by atoms with van der Waals surface area (Å²) in [6.07, 6.45) is 0. The average molecular weight is 542 g/mol. The Morgan fingerprint density at radius 3 is 2.19 bits per heavy atom. The van der Waals surface area contributed by atoms with Gasteiger partial charge in [-0.05, 0) is 30.3 Å². The molecular weight excluding hydrogens is 524 g/mol. The maximum absolute atomic E-state index is 13.4. The number of halogens is 2. The van der Waals surface area contributed by atoms with Gasteiger partial charge in [-0.3, -0.25) is 14.4 Å². The van der Waals surface area contributed by atoms with E-state index in [1.807, 2.05) is 6.07 Å². The fourth-order valence-corrected chi connectivity index (χ4v) is 4.66. The maximum Gasteiger partial charge on any atom is 0.322 e. The molecule has 1 aliphatic rings. The summed E-state index contributed by atoms with van der Waals surface area (Å²) in [6, 6.07) is 21.0. The average Bonchev–Trinajstić information content (AvgIpc) is 2.78. The minimum absolute atomic E-state index is 0.135. The van der Waals surface area contributed by atoms with Crippen molar-refractivity contribution in [2.75, 3.05) is 0 Å². The minimum Gasteiger partial charge on any atom is -0.426 e. The summed E-state index contributed by atoms with van der Waals surface area (Å²) in [6.45, 7) is 1.77. The fourth-order valence-electron chi connectivity index (χ4n) is 4.02. The van der Waals surface area contributed by atoms with Gasteiger partial charge in [-0.2, -0.15) is 0 Å². The molecule has 4 rings (SSSR count). The monoisotopic (exact) mass is 540 g/mol. The molecule has 31 heavy (non-hydrogen) atoms. The Bertz CT molecular complexity index is 1160. The third-order valence-corrected chi connectivity index (χ3v) is 6.60. The molecule has 0 saturated heterocycles. The van der Waals surface area contributed by atoms with Crippen molar-refractivity contribution in [2.45, 2.75) is 12.8 Å². The van der Waals surface area contributed by atoms with Crippen LogP contribution in [0.15, 0.2) is 81.7 Å². The Morgan fingerprint density at radius 1 is 0.871 bits per heavy atom. The number of ketones is 2. The van der Waals surface area contributed by atoms with E-state index in [9.17, 15) is 14.4 Å². The molecule has 0 saturated carbocycles. The number of rotatable bonds is 5. The van der Waals surface area contributed by atoms with Crippen LogP contribution in [0.5, 0.6) is 5.75 Å². The first-order valence-corrected chi connectivity index (χ1v) is 11.4. The number of benzene rings is 3. The lowest BCUT2D eigenvalue weighted by Gasteiger charge is -2.34. The highest BCUT2D eigenvalue weighted by Gasteiger charge is 2.47. The van der Waals surface area contributed by atoms with Gasteiger partial charge in [0.05, 0.1) is 0 Å². The second kappa shape index (κ2) is 8.89. The highest BCUT2D eigenvalue weighted by Crippen LogP contribution is 2.45. The van der Waals surface area contributed by atoms with Crippen molar-refractivity contribution in [2.24, 2.45) is 11.8 Å². The van der Waals surface area contributed by atoms with E-state index in [1.165, 1.54) is 0 Å². The number of esters is 1. The zero-order valence-corrected chi connectivity index (χ0v) is 19.7. The molecule has 156 valence electrons. The fraction of sp³-hybridized carbons (Fsp3) is 0.160. The van der Waals surface area contributed by atoms with Crippen molar-refractivity contribution >= 4 is 49.4 Å². The van der Waals surface area contributed by atoms with Gasteiger partial charge in [-0.25, -0.2) is 0 Å². The Hall–Kier alpha value is -2.57. The molecule has 0 aliphatic carbocycles. The van der Waals surface area contributed by atoms with Crippen LogP contribution in [0.4, 0.5) is 0 Å². The van der Waals surface area contributed by atoms with Crippen LogP contribution < -0.4 is 4.74 Å². The van der Waals surface area contributed by atoms with Crippen LogP contribution in [-0.4, -0.2) is 17.5 Å². The van der Waals surface area contributed by atoms with Gasteiger partial charge in [0.15, 0.2) is 11.6 Å². The predicted molar refractivity (Wildman–Crippen MR) is 124 cm³/mol. The van der Waals surface area contributed by atoms with Crippen LogP contribution in [-0.2, 0) is 4.79 Å². The first-order chi connectivity index (χ1) is 14.9. The van der Waals surface area contributed by atoms with Crippen molar-refractivity contribution in [3.8, 4) is 5.75 Å². The van der Waals surface area contributed by atoms with E-state index in [-0.39, 0.29) is 11.6 Å². The van der Waals surface area contributed by atoms with Crippen molar-refractivity contribution in [1.82, 2.24) is 0 Å². The molecule has 3 atom stereocenters. The van der Waals surface area contributed by atoms with Crippen LogP contribution in [0.25, 0.3) is 0 Å². The molecule has 0 unspecified atom stereocenters. The van der Waals surface area contributed by atoms with Crippen molar-refractivity contribution < 1.29 is 19.1 Å². The molecule has 0 radical (unpaired) electrons. The van der Waals surface area contributed by atoms with Crippen molar-refractivity contribution in [3.63, 3.8) is 0 Å². The Balaban J connectivity index is 1.81. The topological polar surface area (TPSA) is 60.4 Å². The standard InChI is InChI=1S/C25H18Br2O4/c1-14(23(28)16-7-9-17(26)10-8-16)21-19-13-18(27)11-12-20(19)31-25(30)22(21)24(29)15-5-3-2-4-6-15/h2-14,21-22H,1H3/t14-,21+,22+/m1/s1. The SMILES string of the molecule is C[C@@H](C(=O)c1ccc(Br)cc1)[C@H]1c2cc(Br)ccc2OC(=O)[C@@H]1C(=O)c1ccccc1. The summed E-state index contributed by atoms with van der Waals surface area (Å²) >= 11 is 6.84. The summed E-state index contributed by atoms with van der Waals surface area (Å²) in [7, 11) is 0. The van der Waals surface area contributed by atoms with Crippen molar-refractivity contribution in [3.05, 3.63) is 98.4 Å². The molecule has 3 aromatic carbocycles. The summed E-state index contributed by atoms with van der Waals surface area (Å²) in [5.41, 5.74) is 1.61. The zero-order valence-electron chi connectivity index (χ0n) is 16.5. The van der Waals surface area contributed by atoms with Gasteiger partial charge >= 0.3 is 5.97 Å². The highest BCUT2D eigenvalue weighted by molar-refractivity contribution is 9.10. The molecular formula is C25H18Br2O4. The van der Waals surface area contributed by atoms with E-state index >= 15 is 0 Å². The van der Waals surface area contributed by atoms with Gasteiger partial charge in [0, 0.05) is 37.5 Å². The van der Waals surface area contributed by atoms with Gasteiger partial charge in [0.2, 0.25) is 0 Å². The van der Waals surface area contributed by atoms with E-state index in [1.54, 1.807) is 73.7 Å². The summed E-state index contributed by atoms with van der Waals surface area (Å²) in [4.78, 5) is 39.8. The number of ether oxygens (including phenoxy) is 1. The number of Topliss-reactive ketones (excluding diaryl/α,β-unsaturated/α-hetero) is 2. The smallest absolute Gasteiger partial charge is 0.322 e. The normalized spacial score (nSPS) is 18.6. The highest BCUT2D eigenvalue weighted by atomic mass is 79.9. The van der Waals surface area contributed by atoms with Crippen LogP contribution in [0, 0.1) is 11.8 Å². The Morgan fingerprint density at radius 2 is 1.52 bits per heavy atom. The Kier molecular flexibility index (Phi) is 6.21. The number of carbonyl (C=O) groups is 3. The van der Waals surface area contributed by atoms with E-state index < -0.39 is 23.7 Å². The lowest BCUT2D eigenvalue weighted by atomic mass is 9.71. The first kappa shape index (κ1) is 21.7. The van der Waals surface area contributed by atoms with E-state index in [4.69, 9.17) is 4.74 Å². The maximum atomic E-state index is 13.4. The molecule has 0 bridgehead atoms. The van der Waals surface area contributed by atoms with Gasteiger partial charge in [-0.1, -0.05) is 81.2 Å². The number of fused-ring (bicyclic) bond motifs is 1. The minimum atomic E-state index is -1.11. The zero-order chi connectivity index (χ0) is 22.1. The third-order valence-electron chi connectivity index (χ3n) is 5.58. The molecule has 0 N–H and O–H groups in total. The molecule has 0 fully saturated rings. The summed E-state index contributed by atoms with van der Waals surface area (Å²) in [5.74, 6) is -3.13. The lowest BCUT2D eigenvalue weighted by Crippen LogP contribution is -2.41. The molecule has 6 heteroatoms. The number of hydrogen-bond donors (Lipinski definition) is 0. The van der Waals surface area contributed by atoms with Crippen LogP contribution in [0.2, 0.25) is 0 Å². The second-order valence-corrected chi connectivity index (χ2v) is 9.33. The molecule has 0 aromatic heterocycles. The van der Waals surface area contributed by atoms with E-state index in [0.29, 0.717) is 22.4 Å². The predicted octanol–water partition coefficient (Wildman–Crippen LogP) is 6.23.